The molecule has 0 saturated carbocycles. The zero-order chi connectivity index (χ0) is 15.4. The van der Waals surface area contributed by atoms with Crippen molar-refractivity contribution in [1.82, 2.24) is 10.2 Å². The van der Waals surface area contributed by atoms with Crippen LogP contribution < -0.4 is 5.32 Å². The molecule has 1 atom stereocenters. The zero-order valence-electron chi connectivity index (χ0n) is 11.8. The van der Waals surface area contributed by atoms with Crippen LogP contribution in [0, 0.1) is 0 Å². The third kappa shape index (κ3) is 3.97. The Hall–Kier alpha value is -1.56. The van der Waals surface area contributed by atoms with E-state index in [0.29, 0.717) is 12.1 Å². The third-order valence-electron chi connectivity index (χ3n) is 3.22. The van der Waals surface area contributed by atoms with Gasteiger partial charge < -0.3 is 15.3 Å². The maximum Gasteiger partial charge on any atom is 0.251 e. The molecule has 1 aromatic carbocycles. The number of hydrogen-bond acceptors (Lipinski definition) is 4. The Morgan fingerprint density at radius 1 is 1.43 bits per heavy atom. The number of phenolic OH excluding ortho intramolecular Hbond substituents is 1. The molecule has 1 amide bonds. The van der Waals surface area contributed by atoms with Crippen LogP contribution in [0.5, 0.6) is 5.75 Å². The van der Waals surface area contributed by atoms with Crippen LogP contribution in [0.2, 0.25) is 5.02 Å². The lowest BCUT2D eigenvalue weighted by atomic mass is 10.1. The molecule has 21 heavy (non-hydrogen) atoms. The summed E-state index contributed by atoms with van der Waals surface area (Å²) in [5.41, 5.74) is 1.61. The molecule has 0 saturated heterocycles. The topological polar surface area (TPSA) is 52.6 Å². The number of likely N-dealkylation sites (N-methyl/N-ethyl adjacent to an activating group) is 1. The number of hydrogen-bond donors (Lipinski definition) is 2. The van der Waals surface area contributed by atoms with Gasteiger partial charge in [0.15, 0.2) is 0 Å². The maximum absolute atomic E-state index is 12.1. The molecule has 112 valence electrons. The summed E-state index contributed by atoms with van der Waals surface area (Å²) in [6, 6.07) is 6.60. The van der Waals surface area contributed by atoms with Crippen molar-refractivity contribution in [2.45, 2.75) is 6.04 Å². The lowest BCUT2D eigenvalue weighted by Crippen LogP contribution is -2.34. The third-order valence-corrected chi connectivity index (χ3v) is 4.22. The molecule has 0 spiro atoms. The van der Waals surface area contributed by atoms with Crippen LogP contribution in [0.1, 0.15) is 22.0 Å². The average molecular weight is 325 g/mol. The van der Waals surface area contributed by atoms with E-state index in [1.807, 2.05) is 19.5 Å². The molecule has 0 aliphatic rings. The fourth-order valence-corrected chi connectivity index (χ4v) is 2.89. The van der Waals surface area contributed by atoms with Crippen LogP contribution >= 0.6 is 22.9 Å². The van der Waals surface area contributed by atoms with Crippen LogP contribution in [0.15, 0.2) is 35.0 Å². The number of nitrogens with zero attached hydrogens (tertiary/aromatic N) is 1. The fourth-order valence-electron chi connectivity index (χ4n) is 2.00. The van der Waals surface area contributed by atoms with Crippen molar-refractivity contribution in [3.05, 3.63) is 51.2 Å². The summed E-state index contributed by atoms with van der Waals surface area (Å²) < 4.78 is 0. The van der Waals surface area contributed by atoms with Gasteiger partial charge in [-0.05, 0) is 54.7 Å². The van der Waals surface area contributed by atoms with Gasteiger partial charge in [0.2, 0.25) is 0 Å². The average Bonchev–Trinajstić information content (AvgIpc) is 2.95. The minimum Gasteiger partial charge on any atom is -0.506 e. The minimum absolute atomic E-state index is 0.0299. The fraction of sp³-hybridized carbons (Fsp3) is 0.267. The Morgan fingerprint density at radius 3 is 2.76 bits per heavy atom. The monoisotopic (exact) mass is 324 g/mol. The van der Waals surface area contributed by atoms with Gasteiger partial charge in [-0.2, -0.15) is 11.3 Å². The number of rotatable bonds is 5. The highest BCUT2D eigenvalue weighted by Crippen LogP contribution is 2.24. The van der Waals surface area contributed by atoms with Gasteiger partial charge in [-0.1, -0.05) is 11.6 Å². The number of carbonyl (C=O) groups is 1. The highest BCUT2D eigenvalue weighted by molar-refractivity contribution is 7.07. The van der Waals surface area contributed by atoms with Crippen LogP contribution in [0.25, 0.3) is 0 Å². The van der Waals surface area contributed by atoms with E-state index < -0.39 is 0 Å². The first-order valence-corrected chi connectivity index (χ1v) is 7.76. The predicted octanol–water partition coefficient (Wildman–Crippen LogP) is 3.14. The molecule has 0 aliphatic heterocycles. The van der Waals surface area contributed by atoms with Crippen LogP contribution in [0.4, 0.5) is 0 Å². The SMILES string of the molecule is CN(C)[C@@H](CNC(=O)c1ccc(O)c(Cl)c1)c1ccsc1. The van der Waals surface area contributed by atoms with Gasteiger partial charge >= 0.3 is 0 Å². The van der Waals surface area contributed by atoms with E-state index in [2.05, 4.69) is 21.7 Å². The quantitative estimate of drug-likeness (QED) is 0.888. The van der Waals surface area contributed by atoms with Gasteiger partial charge in [0, 0.05) is 12.1 Å². The van der Waals surface area contributed by atoms with Gasteiger partial charge in [0.1, 0.15) is 5.75 Å². The van der Waals surface area contributed by atoms with E-state index >= 15 is 0 Å². The molecule has 1 aromatic heterocycles. The number of carbonyl (C=O) groups excluding carboxylic acids is 1. The van der Waals surface area contributed by atoms with Crippen LogP contribution in [0.3, 0.4) is 0 Å². The van der Waals surface area contributed by atoms with E-state index in [-0.39, 0.29) is 22.7 Å². The van der Waals surface area contributed by atoms with Gasteiger partial charge in [0.25, 0.3) is 5.91 Å². The van der Waals surface area contributed by atoms with E-state index in [0.717, 1.165) is 0 Å². The molecular weight excluding hydrogens is 308 g/mol. The second-order valence-corrected chi connectivity index (χ2v) is 6.10. The van der Waals surface area contributed by atoms with Crippen molar-refractivity contribution in [3.63, 3.8) is 0 Å². The first-order valence-electron chi connectivity index (χ1n) is 6.44. The highest BCUT2D eigenvalue weighted by atomic mass is 35.5. The van der Waals surface area contributed by atoms with E-state index in [1.54, 1.807) is 17.4 Å². The number of amides is 1. The lowest BCUT2D eigenvalue weighted by molar-refractivity contribution is 0.0942. The standard InChI is InChI=1S/C15H17ClN2O2S/c1-18(2)13(11-5-6-21-9-11)8-17-15(20)10-3-4-14(19)12(16)7-10/h3-7,9,13,19H,8H2,1-2H3,(H,17,20)/t13-/m0/s1. The van der Waals surface area contributed by atoms with Gasteiger partial charge in [0.05, 0.1) is 11.1 Å². The number of benzene rings is 1. The Labute approximate surface area is 133 Å². The Bertz CT molecular complexity index is 614. The summed E-state index contributed by atoms with van der Waals surface area (Å²) >= 11 is 7.45. The number of nitrogens with one attached hydrogen (secondary N) is 1. The molecule has 6 heteroatoms. The number of halogens is 1. The first-order chi connectivity index (χ1) is 9.99. The summed E-state index contributed by atoms with van der Waals surface area (Å²) in [6.07, 6.45) is 0. The van der Waals surface area contributed by atoms with Gasteiger partial charge in [-0.3, -0.25) is 4.79 Å². The molecule has 1 heterocycles. The minimum atomic E-state index is -0.209. The number of thiophene rings is 1. The molecule has 2 aromatic rings. The molecule has 4 nitrogen and oxygen atoms in total. The van der Waals surface area contributed by atoms with Crippen molar-refractivity contribution in [3.8, 4) is 5.75 Å². The molecule has 0 bridgehead atoms. The van der Waals surface area contributed by atoms with Crippen molar-refractivity contribution in [2.24, 2.45) is 0 Å². The maximum atomic E-state index is 12.1. The summed E-state index contributed by atoms with van der Waals surface area (Å²) in [5.74, 6) is -0.239. The normalized spacial score (nSPS) is 12.4. The zero-order valence-corrected chi connectivity index (χ0v) is 13.4. The molecule has 2 rings (SSSR count). The number of phenols is 1. The summed E-state index contributed by atoms with van der Waals surface area (Å²) in [5, 5.41) is 16.5. The van der Waals surface area contributed by atoms with Crippen molar-refractivity contribution in [2.75, 3.05) is 20.6 Å². The lowest BCUT2D eigenvalue weighted by Gasteiger charge is -2.24. The molecule has 0 aliphatic carbocycles. The molecular formula is C15H17ClN2O2S. The summed E-state index contributed by atoms with van der Waals surface area (Å²) in [6.45, 7) is 0.501. The van der Waals surface area contributed by atoms with E-state index in [1.165, 1.54) is 17.7 Å². The largest absolute Gasteiger partial charge is 0.506 e. The van der Waals surface area contributed by atoms with Crippen LogP contribution in [-0.4, -0.2) is 36.6 Å². The van der Waals surface area contributed by atoms with Crippen molar-refractivity contribution in [1.29, 1.82) is 0 Å². The highest BCUT2D eigenvalue weighted by Gasteiger charge is 2.16. The predicted molar refractivity (Wildman–Crippen MR) is 86.2 cm³/mol. The molecule has 0 fully saturated rings. The van der Waals surface area contributed by atoms with Gasteiger partial charge in [-0.15, -0.1) is 0 Å². The molecule has 2 N–H and O–H groups in total. The summed E-state index contributed by atoms with van der Waals surface area (Å²) in [7, 11) is 3.96. The van der Waals surface area contributed by atoms with Crippen molar-refractivity contribution < 1.29 is 9.90 Å². The second-order valence-electron chi connectivity index (χ2n) is 4.91. The van der Waals surface area contributed by atoms with E-state index in [4.69, 9.17) is 11.6 Å². The summed E-state index contributed by atoms with van der Waals surface area (Å²) in [4.78, 5) is 14.2. The Balaban J connectivity index is 2.03. The van der Waals surface area contributed by atoms with Crippen LogP contribution in [-0.2, 0) is 0 Å². The molecule has 0 unspecified atom stereocenters. The first kappa shape index (κ1) is 15.8. The Kier molecular flexibility index (Phi) is 5.22. The van der Waals surface area contributed by atoms with Crippen molar-refractivity contribution >= 4 is 28.8 Å². The number of aromatic hydroxyl groups is 1. The smallest absolute Gasteiger partial charge is 0.251 e. The Morgan fingerprint density at radius 2 is 2.19 bits per heavy atom. The second kappa shape index (κ2) is 6.93. The molecule has 0 radical (unpaired) electrons. The van der Waals surface area contributed by atoms with Gasteiger partial charge in [-0.25, -0.2) is 0 Å². The van der Waals surface area contributed by atoms with E-state index in [9.17, 15) is 9.90 Å².